The normalized spacial score (nSPS) is 17.4. The molecule has 152 valence electrons. The molecule has 1 N–H and O–H groups in total. The summed E-state index contributed by atoms with van der Waals surface area (Å²) in [5.74, 6) is -0.236. The molecule has 0 spiro atoms. The lowest BCUT2D eigenvalue weighted by Gasteiger charge is -2.27. The first-order valence-electron chi connectivity index (χ1n) is 8.62. The summed E-state index contributed by atoms with van der Waals surface area (Å²) in [6.07, 6.45) is -4.63. The van der Waals surface area contributed by atoms with Crippen molar-refractivity contribution in [3.05, 3.63) is 47.3 Å². The zero-order chi connectivity index (χ0) is 20.1. The Bertz CT molecular complexity index is 803. The molecule has 2 aromatic rings. The van der Waals surface area contributed by atoms with Gasteiger partial charge in [0.05, 0.1) is 37.2 Å². The molecule has 1 amide bonds. The number of amides is 1. The molecule has 1 atom stereocenters. The lowest BCUT2D eigenvalue weighted by molar-refractivity contribution is -0.137. The molecule has 1 aromatic carbocycles. The van der Waals surface area contributed by atoms with Gasteiger partial charge in [0.25, 0.3) is 5.91 Å². The number of hydrogen-bond acceptors (Lipinski definition) is 5. The van der Waals surface area contributed by atoms with Gasteiger partial charge in [0.15, 0.2) is 5.69 Å². The van der Waals surface area contributed by atoms with Crippen LogP contribution in [-0.2, 0) is 22.3 Å². The molecule has 2 heterocycles. The Morgan fingerprint density at radius 2 is 2.18 bits per heavy atom. The number of hydrogen-bond donors (Lipinski definition) is 1. The Hall–Kier alpha value is -2.59. The minimum atomic E-state index is -4.44. The summed E-state index contributed by atoms with van der Waals surface area (Å²) in [7, 11) is 1.63. The fourth-order valence-electron chi connectivity index (χ4n) is 2.69. The van der Waals surface area contributed by atoms with Crippen LogP contribution in [0, 0.1) is 0 Å². The number of nitrogens with zero attached hydrogens (tertiary/aromatic N) is 2. The largest absolute Gasteiger partial charge is 0.487 e. The molecular weight excluding hydrogens is 379 g/mol. The van der Waals surface area contributed by atoms with Gasteiger partial charge in [-0.3, -0.25) is 9.89 Å². The van der Waals surface area contributed by atoms with Crippen LogP contribution in [0.1, 0.15) is 21.7 Å². The first-order chi connectivity index (χ1) is 13.3. The minimum absolute atomic E-state index is 0.0507. The molecule has 3 rings (SSSR count). The molecular formula is C18H20F3N3O4. The number of alkyl halides is 3. The highest BCUT2D eigenvalue weighted by atomic mass is 19.4. The maximum atomic E-state index is 12.7. The Balaban J connectivity index is 1.55. The Kier molecular flexibility index (Phi) is 6.20. The average Bonchev–Trinajstić information content (AvgIpc) is 3.15. The van der Waals surface area contributed by atoms with Crippen LogP contribution < -0.4 is 4.74 Å². The second-order valence-corrected chi connectivity index (χ2v) is 6.35. The fourth-order valence-corrected chi connectivity index (χ4v) is 2.69. The van der Waals surface area contributed by atoms with Gasteiger partial charge in [-0.25, -0.2) is 0 Å². The monoisotopic (exact) mass is 399 g/mol. The molecule has 10 heteroatoms. The number of ether oxygens (including phenoxy) is 3. The molecule has 0 saturated carbocycles. The molecule has 0 aliphatic carbocycles. The molecule has 1 aromatic heterocycles. The van der Waals surface area contributed by atoms with Crippen LogP contribution in [0.3, 0.4) is 0 Å². The van der Waals surface area contributed by atoms with Crippen LogP contribution in [-0.4, -0.2) is 60.5 Å². The number of H-pyrrole nitrogens is 1. The van der Waals surface area contributed by atoms with Gasteiger partial charge < -0.3 is 19.1 Å². The lowest BCUT2D eigenvalue weighted by atomic mass is 10.2. The van der Waals surface area contributed by atoms with Gasteiger partial charge in [0.2, 0.25) is 0 Å². The van der Waals surface area contributed by atoms with Gasteiger partial charge in [-0.1, -0.05) is 6.07 Å². The number of benzene rings is 1. The van der Waals surface area contributed by atoms with Crippen LogP contribution in [0.25, 0.3) is 0 Å². The van der Waals surface area contributed by atoms with Crippen LogP contribution in [0.5, 0.6) is 5.75 Å². The second kappa shape index (κ2) is 8.61. The van der Waals surface area contributed by atoms with Gasteiger partial charge in [0, 0.05) is 13.6 Å². The van der Waals surface area contributed by atoms with Crippen molar-refractivity contribution >= 4 is 5.91 Å². The van der Waals surface area contributed by atoms with E-state index in [0.717, 1.165) is 12.1 Å². The highest BCUT2D eigenvalue weighted by Crippen LogP contribution is 2.31. The summed E-state index contributed by atoms with van der Waals surface area (Å²) in [6.45, 7) is 1.77. The molecule has 1 aliphatic heterocycles. The predicted octanol–water partition coefficient (Wildman–Crippen LogP) is 2.49. The number of carbonyl (C=O) groups excluding carboxylic acids is 1. The third-order valence-electron chi connectivity index (χ3n) is 4.11. The quantitative estimate of drug-likeness (QED) is 0.808. The van der Waals surface area contributed by atoms with Gasteiger partial charge in [-0.2, -0.15) is 18.3 Å². The predicted molar refractivity (Wildman–Crippen MR) is 91.9 cm³/mol. The van der Waals surface area contributed by atoms with Gasteiger partial charge in [0.1, 0.15) is 12.4 Å². The van der Waals surface area contributed by atoms with E-state index in [4.69, 9.17) is 14.2 Å². The van der Waals surface area contributed by atoms with Crippen molar-refractivity contribution < 1.29 is 32.2 Å². The van der Waals surface area contributed by atoms with Crippen LogP contribution in [0.2, 0.25) is 0 Å². The standard InChI is InChI=1S/C18H20F3N3O4/c1-24(9-15-11-26-5-6-27-15)17(25)16-8-13(22-23-16)10-28-14-4-2-3-12(7-14)18(19,20)21/h2-4,7-8,15H,5-6,9-11H2,1H3,(H,22,23)/t15-/m1/s1. The minimum Gasteiger partial charge on any atom is -0.487 e. The van der Waals surface area contributed by atoms with E-state index in [9.17, 15) is 18.0 Å². The Labute approximate surface area is 159 Å². The van der Waals surface area contributed by atoms with E-state index in [1.807, 2.05) is 0 Å². The number of carbonyl (C=O) groups is 1. The van der Waals surface area contributed by atoms with Crippen LogP contribution in [0.4, 0.5) is 13.2 Å². The number of nitrogens with one attached hydrogen (secondary N) is 1. The molecule has 28 heavy (non-hydrogen) atoms. The Morgan fingerprint density at radius 3 is 2.89 bits per heavy atom. The van der Waals surface area contributed by atoms with Crippen LogP contribution >= 0.6 is 0 Å². The fraction of sp³-hybridized carbons (Fsp3) is 0.444. The van der Waals surface area contributed by atoms with E-state index in [2.05, 4.69) is 10.2 Å². The third kappa shape index (κ3) is 5.23. The molecule has 1 fully saturated rings. The first-order valence-corrected chi connectivity index (χ1v) is 8.62. The number of rotatable bonds is 6. The highest BCUT2D eigenvalue weighted by molar-refractivity contribution is 5.92. The van der Waals surface area contributed by atoms with E-state index in [-0.39, 0.29) is 30.1 Å². The lowest BCUT2D eigenvalue weighted by Crippen LogP contribution is -2.40. The van der Waals surface area contributed by atoms with Crippen molar-refractivity contribution in [1.29, 1.82) is 0 Å². The van der Waals surface area contributed by atoms with E-state index in [1.54, 1.807) is 7.05 Å². The van der Waals surface area contributed by atoms with Gasteiger partial charge in [-0.05, 0) is 24.3 Å². The molecule has 1 aliphatic rings. The van der Waals surface area contributed by atoms with E-state index in [1.165, 1.54) is 23.1 Å². The van der Waals surface area contributed by atoms with Crippen molar-refractivity contribution in [2.24, 2.45) is 0 Å². The number of likely N-dealkylation sites (N-methyl/N-ethyl adjacent to an activating group) is 1. The SMILES string of the molecule is CN(C[C@@H]1COCCO1)C(=O)c1cc(COc2cccc(C(F)(F)F)c2)[nH]n1. The van der Waals surface area contributed by atoms with Crippen molar-refractivity contribution in [1.82, 2.24) is 15.1 Å². The smallest absolute Gasteiger partial charge is 0.416 e. The average molecular weight is 399 g/mol. The van der Waals surface area contributed by atoms with Crippen molar-refractivity contribution in [3.8, 4) is 5.75 Å². The maximum Gasteiger partial charge on any atom is 0.416 e. The van der Waals surface area contributed by atoms with Crippen molar-refractivity contribution in [3.63, 3.8) is 0 Å². The molecule has 0 radical (unpaired) electrons. The number of aromatic amines is 1. The molecule has 0 unspecified atom stereocenters. The Morgan fingerprint density at radius 1 is 1.36 bits per heavy atom. The zero-order valence-electron chi connectivity index (χ0n) is 15.2. The summed E-state index contributed by atoms with van der Waals surface area (Å²) in [4.78, 5) is 13.9. The topological polar surface area (TPSA) is 76.7 Å². The van der Waals surface area contributed by atoms with Crippen molar-refractivity contribution in [2.75, 3.05) is 33.4 Å². The molecule has 0 bridgehead atoms. The maximum absolute atomic E-state index is 12.7. The van der Waals surface area contributed by atoms with E-state index in [0.29, 0.717) is 32.1 Å². The summed E-state index contributed by atoms with van der Waals surface area (Å²) in [5, 5.41) is 6.61. The number of aromatic nitrogens is 2. The molecule has 1 saturated heterocycles. The summed E-state index contributed by atoms with van der Waals surface area (Å²) < 4.78 is 54.4. The van der Waals surface area contributed by atoms with Crippen molar-refractivity contribution in [2.45, 2.75) is 18.9 Å². The van der Waals surface area contributed by atoms with Gasteiger partial charge in [-0.15, -0.1) is 0 Å². The summed E-state index contributed by atoms with van der Waals surface area (Å²) in [6, 6.07) is 6.09. The van der Waals surface area contributed by atoms with E-state index < -0.39 is 11.7 Å². The first kappa shape index (κ1) is 20.2. The molecule has 7 nitrogen and oxygen atoms in total. The summed E-state index contributed by atoms with van der Waals surface area (Å²) >= 11 is 0. The third-order valence-corrected chi connectivity index (χ3v) is 4.11. The van der Waals surface area contributed by atoms with E-state index >= 15 is 0 Å². The van der Waals surface area contributed by atoms with Crippen LogP contribution in [0.15, 0.2) is 30.3 Å². The van der Waals surface area contributed by atoms with Gasteiger partial charge >= 0.3 is 6.18 Å². The zero-order valence-corrected chi connectivity index (χ0v) is 15.2. The highest BCUT2D eigenvalue weighted by Gasteiger charge is 2.30. The second-order valence-electron chi connectivity index (χ2n) is 6.35. The number of halogens is 3. The summed E-state index contributed by atoms with van der Waals surface area (Å²) in [5.41, 5.74) is -0.144.